The van der Waals surface area contributed by atoms with Gasteiger partial charge in [-0.05, 0) is 53.6 Å². The maximum absolute atomic E-state index is 11.8. The third-order valence-corrected chi connectivity index (χ3v) is 4.12. The van der Waals surface area contributed by atoms with Crippen molar-refractivity contribution in [3.8, 4) is 0 Å². The molecule has 0 aliphatic carbocycles. The Hall–Kier alpha value is -0.610. The van der Waals surface area contributed by atoms with Gasteiger partial charge in [0.1, 0.15) is 0 Å². The van der Waals surface area contributed by atoms with Crippen molar-refractivity contribution in [3.05, 3.63) is 0 Å². The Labute approximate surface area is 111 Å². The maximum Gasteiger partial charge on any atom is 0.234 e. The van der Waals surface area contributed by atoms with E-state index in [4.69, 9.17) is 0 Å². The molecule has 1 aliphatic heterocycles. The molecule has 1 rings (SSSR count). The van der Waals surface area contributed by atoms with Crippen molar-refractivity contribution in [1.29, 1.82) is 0 Å². The Kier molecular flexibility index (Phi) is 5.60. The zero-order valence-corrected chi connectivity index (χ0v) is 12.5. The zero-order chi connectivity index (χ0) is 13.8. The van der Waals surface area contributed by atoms with E-state index in [9.17, 15) is 4.79 Å². The van der Waals surface area contributed by atoms with Gasteiger partial charge in [-0.1, -0.05) is 6.92 Å². The fraction of sp³-hybridized carbons (Fsp3) is 0.929. The van der Waals surface area contributed by atoms with Gasteiger partial charge in [0.2, 0.25) is 5.91 Å². The minimum absolute atomic E-state index is 0.0984. The van der Waals surface area contributed by atoms with Crippen molar-refractivity contribution in [2.45, 2.75) is 64.6 Å². The molecule has 1 heterocycles. The first kappa shape index (κ1) is 15.4. The van der Waals surface area contributed by atoms with E-state index < -0.39 is 0 Å². The van der Waals surface area contributed by atoms with Crippen LogP contribution in [0, 0.1) is 0 Å². The molecule has 4 nitrogen and oxygen atoms in total. The van der Waals surface area contributed by atoms with Crippen molar-refractivity contribution in [2.24, 2.45) is 0 Å². The minimum Gasteiger partial charge on any atom is -0.350 e. The van der Waals surface area contributed by atoms with Gasteiger partial charge < -0.3 is 15.5 Å². The average Bonchev–Trinajstić information content (AvgIpc) is 2.30. The first-order valence-electron chi connectivity index (χ1n) is 7.08. The van der Waals surface area contributed by atoms with Gasteiger partial charge in [0.05, 0.1) is 6.54 Å². The molecule has 0 bridgehead atoms. The summed E-state index contributed by atoms with van der Waals surface area (Å²) in [7, 11) is 2.16. The van der Waals surface area contributed by atoms with Gasteiger partial charge in [-0.25, -0.2) is 0 Å². The molecule has 18 heavy (non-hydrogen) atoms. The number of carbonyl (C=O) groups excluding carboxylic acids is 1. The van der Waals surface area contributed by atoms with Crippen LogP contribution in [0.1, 0.15) is 47.0 Å². The van der Waals surface area contributed by atoms with Gasteiger partial charge in [0, 0.05) is 17.6 Å². The number of rotatable bonds is 5. The fourth-order valence-corrected chi connectivity index (χ4v) is 2.22. The fourth-order valence-electron chi connectivity index (χ4n) is 2.22. The minimum atomic E-state index is -0.0984. The smallest absolute Gasteiger partial charge is 0.234 e. The second-order valence-electron chi connectivity index (χ2n) is 6.22. The number of carbonyl (C=O) groups is 1. The topological polar surface area (TPSA) is 44.4 Å². The molecule has 2 unspecified atom stereocenters. The van der Waals surface area contributed by atoms with Crippen molar-refractivity contribution in [3.63, 3.8) is 0 Å². The molecule has 2 atom stereocenters. The van der Waals surface area contributed by atoms with E-state index in [0.29, 0.717) is 18.6 Å². The van der Waals surface area contributed by atoms with E-state index in [0.717, 1.165) is 25.8 Å². The van der Waals surface area contributed by atoms with Crippen LogP contribution in [0.2, 0.25) is 0 Å². The highest BCUT2D eigenvalue weighted by atomic mass is 16.2. The number of piperidine rings is 1. The number of hydrogen-bond acceptors (Lipinski definition) is 3. The molecule has 0 saturated carbocycles. The number of likely N-dealkylation sites (tertiary alicyclic amines) is 1. The van der Waals surface area contributed by atoms with Crippen LogP contribution in [0.3, 0.4) is 0 Å². The predicted octanol–water partition coefficient (Wildman–Crippen LogP) is 1.36. The Morgan fingerprint density at radius 1 is 1.44 bits per heavy atom. The monoisotopic (exact) mass is 255 g/mol. The summed E-state index contributed by atoms with van der Waals surface area (Å²) in [6, 6.07) is 1.08. The van der Waals surface area contributed by atoms with E-state index in [-0.39, 0.29) is 11.4 Å². The lowest BCUT2D eigenvalue weighted by Gasteiger charge is -2.35. The molecule has 0 radical (unpaired) electrons. The zero-order valence-electron chi connectivity index (χ0n) is 12.5. The van der Waals surface area contributed by atoms with Crippen molar-refractivity contribution in [2.75, 3.05) is 20.1 Å². The second kappa shape index (κ2) is 6.53. The molecule has 1 fully saturated rings. The number of amides is 1. The molecular formula is C14H29N3O. The SMILES string of the molecule is CCC(C)(C)NC(=O)CNC1CCN(C)C(C)C1. The van der Waals surface area contributed by atoms with Crippen LogP contribution < -0.4 is 10.6 Å². The summed E-state index contributed by atoms with van der Waals surface area (Å²) >= 11 is 0. The molecule has 0 aromatic rings. The van der Waals surface area contributed by atoms with E-state index in [2.05, 4.69) is 50.3 Å². The highest BCUT2D eigenvalue weighted by molar-refractivity contribution is 5.78. The lowest BCUT2D eigenvalue weighted by Crippen LogP contribution is -2.50. The Morgan fingerprint density at radius 2 is 2.11 bits per heavy atom. The molecule has 0 aromatic heterocycles. The average molecular weight is 255 g/mol. The highest BCUT2D eigenvalue weighted by Crippen LogP contribution is 2.15. The van der Waals surface area contributed by atoms with E-state index >= 15 is 0 Å². The standard InChI is InChI=1S/C14H29N3O/c1-6-14(3,4)16-13(18)10-15-12-7-8-17(5)11(2)9-12/h11-12,15H,6-10H2,1-5H3,(H,16,18). The second-order valence-corrected chi connectivity index (χ2v) is 6.22. The first-order valence-corrected chi connectivity index (χ1v) is 7.08. The Bertz CT molecular complexity index is 278. The molecule has 2 N–H and O–H groups in total. The third kappa shape index (κ3) is 4.94. The lowest BCUT2D eigenvalue weighted by atomic mass is 9.99. The number of hydrogen-bond donors (Lipinski definition) is 2. The molecule has 0 spiro atoms. The summed E-state index contributed by atoms with van der Waals surface area (Å²) < 4.78 is 0. The van der Waals surface area contributed by atoms with Gasteiger partial charge in [-0.2, -0.15) is 0 Å². The van der Waals surface area contributed by atoms with Gasteiger partial charge in [0.25, 0.3) is 0 Å². The molecule has 4 heteroatoms. The summed E-state index contributed by atoms with van der Waals surface area (Å²) in [4.78, 5) is 14.2. The van der Waals surface area contributed by atoms with Crippen molar-refractivity contribution in [1.82, 2.24) is 15.5 Å². The Balaban J connectivity index is 2.27. The van der Waals surface area contributed by atoms with Crippen molar-refractivity contribution < 1.29 is 4.79 Å². The molecule has 106 valence electrons. The number of nitrogens with zero attached hydrogens (tertiary/aromatic N) is 1. The molecular weight excluding hydrogens is 226 g/mol. The molecule has 1 saturated heterocycles. The van der Waals surface area contributed by atoms with Crippen LogP contribution in [0.25, 0.3) is 0 Å². The van der Waals surface area contributed by atoms with Gasteiger partial charge in [0.15, 0.2) is 0 Å². The summed E-state index contributed by atoms with van der Waals surface area (Å²) in [6.45, 7) is 10.00. The summed E-state index contributed by atoms with van der Waals surface area (Å²) in [6.07, 6.45) is 3.20. The van der Waals surface area contributed by atoms with Crippen LogP contribution in [0.4, 0.5) is 0 Å². The normalized spacial score (nSPS) is 26.1. The first-order chi connectivity index (χ1) is 8.34. The van der Waals surface area contributed by atoms with Crippen LogP contribution in [-0.2, 0) is 4.79 Å². The highest BCUT2D eigenvalue weighted by Gasteiger charge is 2.23. The third-order valence-electron chi connectivity index (χ3n) is 4.12. The van der Waals surface area contributed by atoms with Crippen LogP contribution in [0.5, 0.6) is 0 Å². The number of nitrogens with one attached hydrogen (secondary N) is 2. The summed E-state index contributed by atoms with van der Waals surface area (Å²) in [5.74, 6) is 0.105. The maximum atomic E-state index is 11.8. The van der Waals surface area contributed by atoms with E-state index in [1.807, 2.05) is 0 Å². The van der Waals surface area contributed by atoms with Gasteiger partial charge >= 0.3 is 0 Å². The van der Waals surface area contributed by atoms with Crippen LogP contribution in [0.15, 0.2) is 0 Å². The summed E-state index contributed by atoms with van der Waals surface area (Å²) in [5.41, 5.74) is -0.0984. The van der Waals surface area contributed by atoms with Gasteiger partial charge in [-0.3, -0.25) is 4.79 Å². The molecule has 0 aromatic carbocycles. The van der Waals surface area contributed by atoms with Gasteiger partial charge in [-0.15, -0.1) is 0 Å². The Morgan fingerprint density at radius 3 is 2.67 bits per heavy atom. The van der Waals surface area contributed by atoms with Crippen molar-refractivity contribution >= 4 is 5.91 Å². The van der Waals surface area contributed by atoms with E-state index in [1.54, 1.807) is 0 Å². The van der Waals surface area contributed by atoms with Crippen LogP contribution >= 0.6 is 0 Å². The predicted molar refractivity (Wildman–Crippen MR) is 75.6 cm³/mol. The molecule has 1 amide bonds. The molecule has 1 aliphatic rings. The lowest BCUT2D eigenvalue weighted by molar-refractivity contribution is -0.122. The van der Waals surface area contributed by atoms with E-state index in [1.165, 1.54) is 0 Å². The van der Waals surface area contributed by atoms with Crippen LogP contribution in [-0.4, -0.2) is 48.6 Å². The quantitative estimate of drug-likeness (QED) is 0.780. The largest absolute Gasteiger partial charge is 0.350 e. The summed E-state index contributed by atoms with van der Waals surface area (Å²) in [5, 5.41) is 6.43.